The van der Waals surface area contributed by atoms with Crippen molar-refractivity contribution in [2.45, 2.75) is 11.5 Å². The second-order valence-electron chi connectivity index (χ2n) is 3.89. The molecule has 2 rings (SSSR count). The number of benzene rings is 1. The molecule has 0 aliphatic carbocycles. The van der Waals surface area contributed by atoms with Crippen LogP contribution in [0.3, 0.4) is 0 Å². The van der Waals surface area contributed by atoms with Gasteiger partial charge in [0.05, 0.1) is 15.6 Å². The van der Waals surface area contributed by atoms with Gasteiger partial charge >= 0.3 is 0 Å². The molecule has 1 aromatic heterocycles. The van der Waals surface area contributed by atoms with Gasteiger partial charge in [0.25, 0.3) is 0 Å². The van der Waals surface area contributed by atoms with Crippen LogP contribution in [0.25, 0.3) is 0 Å². The lowest BCUT2D eigenvalue weighted by molar-refractivity contribution is 0.301. The highest BCUT2D eigenvalue weighted by Crippen LogP contribution is 2.27. The lowest BCUT2D eigenvalue weighted by Gasteiger charge is -2.08. The van der Waals surface area contributed by atoms with Crippen molar-refractivity contribution in [2.75, 3.05) is 0 Å². The Hall–Kier alpha value is -1.15. The first-order valence-corrected chi connectivity index (χ1v) is 8.13. The van der Waals surface area contributed by atoms with Gasteiger partial charge in [0.1, 0.15) is 12.4 Å². The van der Waals surface area contributed by atoms with E-state index in [1.54, 1.807) is 12.3 Å². The van der Waals surface area contributed by atoms with Crippen molar-refractivity contribution in [3.05, 3.63) is 51.7 Å². The zero-order valence-corrected chi connectivity index (χ0v) is 13.2. The minimum Gasteiger partial charge on any atom is -0.486 e. The molecule has 0 saturated carbocycles. The number of halogens is 2. The van der Waals surface area contributed by atoms with Crippen molar-refractivity contribution in [1.29, 1.82) is 0 Å². The summed E-state index contributed by atoms with van der Waals surface area (Å²) in [5.74, 6) is 0.365. The molecule has 1 aromatic carbocycles. The van der Waals surface area contributed by atoms with Crippen LogP contribution >= 0.6 is 27.5 Å². The quantitative estimate of drug-likeness (QED) is 0.888. The van der Waals surface area contributed by atoms with Crippen LogP contribution in [0.4, 0.5) is 0 Å². The highest BCUT2D eigenvalue weighted by Gasteiger charge is 2.11. The van der Waals surface area contributed by atoms with Crippen molar-refractivity contribution in [1.82, 2.24) is 4.98 Å². The molecule has 0 unspecified atom stereocenters. The maximum absolute atomic E-state index is 11.2. The number of rotatable bonds is 4. The topological polar surface area (TPSA) is 82.3 Å². The molecule has 0 aliphatic rings. The van der Waals surface area contributed by atoms with E-state index in [-0.39, 0.29) is 16.5 Å². The third-order valence-electron chi connectivity index (χ3n) is 2.40. The predicted octanol–water partition coefficient (Wildman–Crippen LogP) is 2.72. The maximum Gasteiger partial charge on any atom is 0.238 e. The van der Waals surface area contributed by atoms with E-state index in [4.69, 9.17) is 21.5 Å². The summed E-state index contributed by atoms with van der Waals surface area (Å²) < 4.78 is 28.7. The summed E-state index contributed by atoms with van der Waals surface area (Å²) in [6, 6.07) is 7.70. The minimum atomic E-state index is -3.77. The van der Waals surface area contributed by atoms with Gasteiger partial charge in [-0.3, -0.25) is 4.98 Å². The molecule has 0 atom stereocenters. The first-order chi connectivity index (χ1) is 9.36. The molecule has 2 N–H and O–H groups in total. The summed E-state index contributed by atoms with van der Waals surface area (Å²) in [6.07, 6.45) is 1.66. The SMILES string of the molecule is NS(=O)(=O)c1ccc(OCc2ccc(Br)cn2)c(Cl)c1. The number of aromatic nitrogens is 1. The van der Waals surface area contributed by atoms with E-state index in [9.17, 15) is 8.42 Å². The minimum absolute atomic E-state index is 0.0587. The van der Waals surface area contributed by atoms with E-state index in [1.807, 2.05) is 6.07 Å². The van der Waals surface area contributed by atoms with Crippen molar-refractivity contribution in [3.8, 4) is 5.75 Å². The molecule has 106 valence electrons. The largest absolute Gasteiger partial charge is 0.486 e. The summed E-state index contributed by atoms with van der Waals surface area (Å²) in [6.45, 7) is 0.224. The zero-order chi connectivity index (χ0) is 14.8. The van der Waals surface area contributed by atoms with Crippen LogP contribution in [0.15, 0.2) is 45.9 Å². The number of hydrogen-bond acceptors (Lipinski definition) is 4. The molecule has 8 heteroatoms. The van der Waals surface area contributed by atoms with Crippen LogP contribution in [0.5, 0.6) is 5.75 Å². The number of primary sulfonamides is 1. The molecule has 0 aliphatic heterocycles. The van der Waals surface area contributed by atoms with Gasteiger partial charge in [-0.05, 0) is 46.3 Å². The average Bonchev–Trinajstić information content (AvgIpc) is 2.38. The van der Waals surface area contributed by atoms with Gasteiger partial charge in [-0.15, -0.1) is 0 Å². The van der Waals surface area contributed by atoms with E-state index in [1.165, 1.54) is 18.2 Å². The Morgan fingerprint density at radius 3 is 2.60 bits per heavy atom. The van der Waals surface area contributed by atoms with Crippen LogP contribution in [-0.2, 0) is 16.6 Å². The van der Waals surface area contributed by atoms with Gasteiger partial charge in [0.15, 0.2) is 0 Å². The Bertz CT molecular complexity index is 720. The normalized spacial score (nSPS) is 11.3. The van der Waals surface area contributed by atoms with Crippen molar-refractivity contribution in [3.63, 3.8) is 0 Å². The summed E-state index contributed by atoms with van der Waals surface area (Å²) in [5, 5.41) is 5.19. The Morgan fingerprint density at radius 2 is 2.05 bits per heavy atom. The number of pyridine rings is 1. The molecular weight excluding hydrogens is 368 g/mol. The molecular formula is C12H10BrClN2O3S. The lowest BCUT2D eigenvalue weighted by atomic mass is 10.3. The van der Waals surface area contributed by atoms with Crippen molar-refractivity contribution >= 4 is 37.6 Å². The fourth-order valence-electron chi connectivity index (χ4n) is 1.42. The molecule has 0 spiro atoms. The predicted molar refractivity (Wildman–Crippen MR) is 79.1 cm³/mol. The van der Waals surface area contributed by atoms with E-state index in [0.29, 0.717) is 5.75 Å². The van der Waals surface area contributed by atoms with E-state index < -0.39 is 10.0 Å². The molecule has 0 radical (unpaired) electrons. The van der Waals surface area contributed by atoms with Gasteiger partial charge in [-0.25, -0.2) is 13.6 Å². The number of ether oxygens (including phenoxy) is 1. The monoisotopic (exact) mass is 376 g/mol. The van der Waals surface area contributed by atoms with E-state index >= 15 is 0 Å². The third kappa shape index (κ3) is 3.92. The Balaban J connectivity index is 2.12. The summed E-state index contributed by atoms with van der Waals surface area (Å²) in [4.78, 5) is 4.09. The maximum atomic E-state index is 11.2. The van der Waals surface area contributed by atoms with Gasteiger partial charge < -0.3 is 4.74 Å². The van der Waals surface area contributed by atoms with Crippen LogP contribution in [0.2, 0.25) is 5.02 Å². The smallest absolute Gasteiger partial charge is 0.238 e. The van der Waals surface area contributed by atoms with E-state index in [0.717, 1.165) is 10.2 Å². The molecule has 0 fully saturated rings. The number of nitrogens with two attached hydrogens (primary N) is 1. The van der Waals surface area contributed by atoms with Crippen molar-refractivity contribution in [2.24, 2.45) is 5.14 Å². The van der Waals surface area contributed by atoms with Crippen LogP contribution in [-0.4, -0.2) is 13.4 Å². The highest BCUT2D eigenvalue weighted by atomic mass is 79.9. The fraction of sp³-hybridized carbons (Fsp3) is 0.0833. The highest BCUT2D eigenvalue weighted by molar-refractivity contribution is 9.10. The van der Waals surface area contributed by atoms with Gasteiger partial charge in [-0.1, -0.05) is 11.6 Å². The van der Waals surface area contributed by atoms with Gasteiger partial charge in [0.2, 0.25) is 10.0 Å². The number of nitrogens with zero attached hydrogens (tertiary/aromatic N) is 1. The number of sulfonamides is 1. The summed E-state index contributed by atoms with van der Waals surface area (Å²) in [5.41, 5.74) is 0.722. The number of hydrogen-bond donors (Lipinski definition) is 1. The average molecular weight is 378 g/mol. The molecule has 5 nitrogen and oxygen atoms in total. The second kappa shape index (κ2) is 6.09. The van der Waals surface area contributed by atoms with E-state index in [2.05, 4.69) is 20.9 Å². The fourth-order valence-corrected chi connectivity index (χ4v) is 2.49. The van der Waals surface area contributed by atoms with Crippen LogP contribution in [0, 0.1) is 0 Å². The molecule has 0 saturated heterocycles. The summed E-state index contributed by atoms with van der Waals surface area (Å²) in [7, 11) is -3.77. The lowest BCUT2D eigenvalue weighted by Crippen LogP contribution is -2.12. The molecule has 1 heterocycles. The van der Waals surface area contributed by atoms with Gasteiger partial charge in [0, 0.05) is 10.7 Å². The Labute approximate surface area is 129 Å². The third-order valence-corrected chi connectivity index (χ3v) is 4.07. The standard InChI is InChI=1S/C12H10BrClN2O3S/c13-8-1-2-9(16-6-8)7-19-12-4-3-10(5-11(12)14)20(15,17)18/h1-6H,7H2,(H2,15,17,18). The van der Waals surface area contributed by atoms with Crippen molar-refractivity contribution < 1.29 is 13.2 Å². The van der Waals surface area contributed by atoms with Crippen LogP contribution in [0.1, 0.15) is 5.69 Å². The first kappa shape index (κ1) is 15.2. The molecule has 20 heavy (non-hydrogen) atoms. The molecule has 2 aromatic rings. The Morgan fingerprint density at radius 1 is 1.30 bits per heavy atom. The second-order valence-corrected chi connectivity index (χ2v) is 6.78. The van der Waals surface area contributed by atoms with Crippen LogP contribution < -0.4 is 9.88 Å². The van der Waals surface area contributed by atoms with Gasteiger partial charge in [-0.2, -0.15) is 0 Å². The molecule has 0 amide bonds. The summed E-state index contributed by atoms with van der Waals surface area (Å²) >= 11 is 9.24. The molecule has 0 bridgehead atoms. The Kier molecular flexibility index (Phi) is 4.64. The first-order valence-electron chi connectivity index (χ1n) is 5.42. The zero-order valence-electron chi connectivity index (χ0n) is 10.1.